The van der Waals surface area contributed by atoms with Crippen molar-refractivity contribution < 1.29 is 10.2 Å². The Morgan fingerprint density at radius 3 is 2.69 bits per heavy atom. The molecular formula is C11H11BrClNO2. The van der Waals surface area contributed by atoms with E-state index in [9.17, 15) is 10.2 Å². The van der Waals surface area contributed by atoms with Crippen molar-refractivity contribution in [1.29, 1.82) is 5.26 Å². The highest BCUT2D eigenvalue weighted by atomic mass is 79.9. The van der Waals surface area contributed by atoms with E-state index in [1.165, 1.54) is 6.07 Å². The fourth-order valence-electron chi connectivity index (χ4n) is 1.36. The Morgan fingerprint density at radius 2 is 2.12 bits per heavy atom. The summed E-state index contributed by atoms with van der Waals surface area (Å²) >= 11 is 8.92. The molecule has 2 N–H and O–H groups in total. The molecule has 0 aliphatic rings. The van der Waals surface area contributed by atoms with Crippen molar-refractivity contribution in [2.75, 3.05) is 5.33 Å². The van der Waals surface area contributed by atoms with Crippen molar-refractivity contribution in [3.63, 3.8) is 0 Å². The summed E-state index contributed by atoms with van der Waals surface area (Å²) in [7, 11) is 0. The number of rotatable bonds is 4. The number of hydrogen-bond donors (Lipinski definition) is 2. The van der Waals surface area contributed by atoms with Crippen LogP contribution < -0.4 is 0 Å². The van der Waals surface area contributed by atoms with E-state index >= 15 is 0 Å². The zero-order chi connectivity index (χ0) is 12.1. The smallest absolute Gasteiger partial charge is 0.106 e. The first-order valence-corrected chi connectivity index (χ1v) is 6.21. The molecule has 0 aliphatic heterocycles. The zero-order valence-electron chi connectivity index (χ0n) is 8.40. The van der Waals surface area contributed by atoms with E-state index in [4.69, 9.17) is 16.9 Å². The monoisotopic (exact) mass is 303 g/mol. The summed E-state index contributed by atoms with van der Waals surface area (Å²) < 4.78 is 0. The maximum Gasteiger partial charge on any atom is 0.106 e. The van der Waals surface area contributed by atoms with E-state index in [2.05, 4.69) is 15.9 Å². The predicted octanol–water partition coefficient (Wildman–Crippen LogP) is 2.39. The van der Waals surface area contributed by atoms with Gasteiger partial charge in [-0.25, -0.2) is 0 Å². The maximum absolute atomic E-state index is 9.86. The van der Waals surface area contributed by atoms with Gasteiger partial charge in [-0.15, -0.1) is 0 Å². The van der Waals surface area contributed by atoms with Crippen LogP contribution in [0, 0.1) is 11.3 Å². The van der Waals surface area contributed by atoms with Crippen LogP contribution in [0.1, 0.15) is 23.7 Å². The van der Waals surface area contributed by atoms with Crippen molar-refractivity contribution in [2.24, 2.45) is 0 Å². The number of nitriles is 1. The molecule has 0 radical (unpaired) electrons. The summed E-state index contributed by atoms with van der Waals surface area (Å²) in [5, 5.41) is 29.4. The standard InChI is InChI=1S/C11H11BrClNO2/c12-4-3-10(15)11(16)9-2-1-8(13)5-7(9)6-14/h1-2,5,10-11,15-16H,3-4H2. The van der Waals surface area contributed by atoms with Gasteiger partial charge < -0.3 is 10.2 Å². The molecule has 1 aromatic rings. The second-order valence-electron chi connectivity index (χ2n) is 3.33. The molecule has 5 heteroatoms. The predicted molar refractivity (Wildman–Crippen MR) is 65.5 cm³/mol. The van der Waals surface area contributed by atoms with E-state index in [0.717, 1.165) is 0 Å². The van der Waals surface area contributed by atoms with Gasteiger partial charge in [-0.1, -0.05) is 33.6 Å². The molecule has 0 aromatic heterocycles. The van der Waals surface area contributed by atoms with Gasteiger partial charge in [-0.3, -0.25) is 0 Å². The van der Waals surface area contributed by atoms with Gasteiger partial charge in [0.05, 0.1) is 17.7 Å². The highest BCUT2D eigenvalue weighted by Gasteiger charge is 2.20. The van der Waals surface area contributed by atoms with E-state index in [0.29, 0.717) is 22.3 Å². The van der Waals surface area contributed by atoms with Crippen molar-refractivity contribution in [3.05, 3.63) is 34.3 Å². The largest absolute Gasteiger partial charge is 0.390 e. The average Bonchev–Trinajstić information content (AvgIpc) is 2.28. The Kier molecular flexibility index (Phi) is 5.23. The van der Waals surface area contributed by atoms with Gasteiger partial charge in [0.2, 0.25) is 0 Å². The van der Waals surface area contributed by atoms with Gasteiger partial charge in [0.25, 0.3) is 0 Å². The Morgan fingerprint density at radius 1 is 1.44 bits per heavy atom. The van der Waals surface area contributed by atoms with Crippen molar-refractivity contribution in [2.45, 2.75) is 18.6 Å². The van der Waals surface area contributed by atoms with Crippen LogP contribution in [0.2, 0.25) is 5.02 Å². The van der Waals surface area contributed by atoms with Crippen molar-refractivity contribution >= 4 is 27.5 Å². The number of alkyl halides is 1. The Balaban J connectivity index is 2.99. The summed E-state index contributed by atoms with van der Waals surface area (Å²) in [5.74, 6) is 0. The lowest BCUT2D eigenvalue weighted by Gasteiger charge is -2.18. The minimum atomic E-state index is -1.07. The fourth-order valence-corrected chi connectivity index (χ4v) is 2.00. The molecule has 2 atom stereocenters. The van der Waals surface area contributed by atoms with Gasteiger partial charge in [-0.05, 0) is 18.6 Å². The number of benzene rings is 1. The van der Waals surface area contributed by atoms with Crippen molar-refractivity contribution in [1.82, 2.24) is 0 Å². The van der Waals surface area contributed by atoms with E-state index in [1.54, 1.807) is 12.1 Å². The zero-order valence-corrected chi connectivity index (χ0v) is 10.7. The molecule has 86 valence electrons. The Labute approximate surface area is 107 Å². The first kappa shape index (κ1) is 13.5. The minimum absolute atomic E-state index is 0.286. The number of halogens is 2. The molecule has 16 heavy (non-hydrogen) atoms. The highest BCUT2D eigenvalue weighted by Crippen LogP contribution is 2.25. The summed E-state index contributed by atoms with van der Waals surface area (Å²) in [6, 6.07) is 6.56. The van der Waals surface area contributed by atoms with Crippen LogP contribution in [-0.4, -0.2) is 21.6 Å². The molecule has 0 heterocycles. The fraction of sp³-hybridized carbons (Fsp3) is 0.364. The summed E-state index contributed by atoms with van der Waals surface area (Å²) in [6.07, 6.45) is -1.55. The lowest BCUT2D eigenvalue weighted by Crippen LogP contribution is -2.19. The number of hydrogen-bond acceptors (Lipinski definition) is 3. The van der Waals surface area contributed by atoms with E-state index < -0.39 is 12.2 Å². The SMILES string of the molecule is N#Cc1cc(Cl)ccc1C(O)C(O)CCBr. The molecule has 3 nitrogen and oxygen atoms in total. The lowest BCUT2D eigenvalue weighted by molar-refractivity contribution is 0.0172. The van der Waals surface area contributed by atoms with Crippen LogP contribution in [0.5, 0.6) is 0 Å². The minimum Gasteiger partial charge on any atom is -0.390 e. The second kappa shape index (κ2) is 6.21. The first-order valence-electron chi connectivity index (χ1n) is 4.71. The van der Waals surface area contributed by atoms with Gasteiger partial charge in [-0.2, -0.15) is 5.26 Å². The van der Waals surface area contributed by atoms with Crippen LogP contribution >= 0.6 is 27.5 Å². The molecule has 0 saturated heterocycles. The van der Waals surface area contributed by atoms with E-state index in [-0.39, 0.29) is 5.56 Å². The van der Waals surface area contributed by atoms with Crippen LogP contribution in [0.25, 0.3) is 0 Å². The third kappa shape index (κ3) is 3.19. The van der Waals surface area contributed by atoms with Gasteiger partial charge >= 0.3 is 0 Å². The molecule has 0 spiro atoms. The third-order valence-corrected chi connectivity index (χ3v) is 2.92. The molecular weight excluding hydrogens is 293 g/mol. The van der Waals surface area contributed by atoms with Crippen LogP contribution in [-0.2, 0) is 0 Å². The molecule has 0 aliphatic carbocycles. The summed E-state index contributed by atoms with van der Waals surface area (Å²) in [4.78, 5) is 0. The molecule has 0 amide bonds. The third-order valence-electron chi connectivity index (χ3n) is 2.22. The van der Waals surface area contributed by atoms with Gasteiger partial charge in [0, 0.05) is 15.9 Å². The quantitative estimate of drug-likeness (QED) is 0.840. The lowest BCUT2D eigenvalue weighted by atomic mass is 9.98. The highest BCUT2D eigenvalue weighted by molar-refractivity contribution is 9.09. The Hall–Kier alpha value is -0.600. The number of nitrogens with zero attached hydrogens (tertiary/aromatic N) is 1. The Bertz CT molecular complexity index is 405. The van der Waals surface area contributed by atoms with Crippen LogP contribution in [0.4, 0.5) is 0 Å². The molecule has 0 saturated carbocycles. The normalized spacial score (nSPS) is 14.2. The van der Waals surface area contributed by atoms with Crippen LogP contribution in [0.15, 0.2) is 18.2 Å². The summed E-state index contributed by atoms with van der Waals surface area (Å²) in [6.45, 7) is 0. The maximum atomic E-state index is 9.86. The molecule has 0 bridgehead atoms. The first-order chi connectivity index (χ1) is 7.60. The molecule has 1 rings (SSSR count). The topological polar surface area (TPSA) is 64.2 Å². The average molecular weight is 305 g/mol. The van der Waals surface area contributed by atoms with Crippen molar-refractivity contribution in [3.8, 4) is 6.07 Å². The van der Waals surface area contributed by atoms with Crippen LogP contribution in [0.3, 0.4) is 0 Å². The van der Waals surface area contributed by atoms with Gasteiger partial charge in [0.1, 0.15) is 6.10 Å². The molecule has 1 aromatic carbocycles. The van der Waals surface area contributed by atoms with Gasteiger partial charge in [0.15, 0.2) is 0 Å². The van der Waals surface area contributed by atoms with E-state index in [1.807, 2.05) is 6.07 Å². The second-order valence-corrected chi connectivity index (χ2v) is 4.56. The number of aliphatic hydroxyl groups is 2. The molecule has 2 unspecified atom stereocenters. The molecule has 0 fully saturated rings. The number of aliphatic hydroxyl groups excluding tert-OH is 2. The summed E-state index contributed by atoms with van der Waals surface area (Å²) in [5.41, 5.74) is 0.689.